The number of fused-ring (bicyclic) bond motifs is 1. The molecule has 0 aliphatic heterocycles. The van der Waals surface area contributed by atoms with Crippen LogP contribution in [0.15, 0.2) is 41.3 Å². The van der Waals surface area contributed by atoms with Crippen molar-refractivity contribution in [2.45, 2.75) is 4.90 Å². The predicted octanol–water partition coefficient (Wildman–Crippen LogP) is 2.15. The molecule has 0 saturated carbocycles. The summed E-state index contributed by atoms with van der Waals surface area (Å²) in [5, 5.41) is 10.4. The fourth-order valence-electron chi connectivity index (χ4n) is 2.38. The van der Waals surface area contributed by atoms with Gasteiger partial charge in [-0.3, -0.25) is 4.79 Å². The molecule has 0 unspecified atom stereocenters. The average Bonchev–Trinajstić information content (AvgIpc) is 2.52. The maximum atomic E-state index is 13.4. The van der Waals surface area contributed by atoms with Gasteiger partial charge in [-0.05, 0) is 30.3 Å². The van der Waals surface area contributed by atoms with E-state index in [2.05, 4.69) is 15.5 Å². The van der Waals surface area contributed by atoms with Gasteiger partial charge < -0.3 is 11.1 Å². The number of hydrogen-bond acceptors (Lipinski definition) is 6. The Kier molecular flexibility index (Phi) is 4.28. The van der Waals surface area contributed by atoms with Crippen molar-refractivity contribution in [1.29, 1.82) is 0 Å². The van der Waals surface area contributed by atoms with Gasteiger partial charge in [-0.25, -0.2) is 17.2 Å². The van der Waals surface area contributed by atoms with Crippen LogP contribution >= 0.6 is 0 Å². The third-order valence-electron chi connectivity index (χ3n) is 3.53. The molecule has 2 aromatic carbocycles. The topological polar surface area (TPSA) is 115 Å². The zero-order valence-electron chi connectivity index (χ0n) is 13.3. The number of sulfone groups is 1. The summed E-state index contributed by atoms with van der Waals surface area (Å²) in [6, 6.07) is 6.71. The molecule has 0 spiro atoms. The summed E-state index contributed by atoms with van der Waals surface area (Å²) in [5.41, 5.74) is 5.25. The Morgan fingerprint density at radius 1 is 1.08 bits per heavy atom. The van der Waals surface area contributed by atoms with Crippen molar-refractivity contribution in [2.75, 3.05) is 11.6 Å². The van der Waals surface area contributed by atoms with Crippen LogP contribution in [0.3, 0.4) is 0 Å². The monoisotopic (exact) mass is 378 g/mol. The van der Waals surface area contributed by atoms with Gasteiger partial charge in [0, 0.05) is 23.4 Å². The van der Waals surface area contributed by atoms with Crippen LogP contribution in [0.4, 0.5) is 20.2 Å². The molecule has 1 aromatic heterocycles. The number of hydrogen-bond donors (Lipinski definition) is 2. The van der Waals surface area contributed by atoms with Crippen LogP contribution in [0.1, 0.15) is 10.5 Å². The summed E-state index contributed by atoms with van der Waals surface area (Å²) in [6.07, 6.45) is 1.02. The largest absolute Gasteiger partial charge is 0.364 e. The third kappa shape index (κ3) is 3.45. The van der Waals surface area contributed by atoms with Gasteiger partial charge in [0.1, 0.15) is 11.6 Å². The van der Waals surface area contributed by atoms with E-state index in [1.54, 1.807) is 0 Å². The second kappa shape index (κ2) is 6.30. The lowest BCUT2D eigenvalue weighted by molar-refractivity contribution is 0.0995. The van der Waals surface area contributed by atoms with Crippen molar-refractivity contribution in [3.05, 3.63) is 53.7 Å². The number of primary amides is 1. The van der Waals surface area contributed by atoms with Crippen molar-refractivity contribution in [1.82, 2.24) is 10.2 Å². The molecule has 1 heterocycles. The van der Waals surface area contributed by atoms with Crippen LogP contribution in [0, 0.1) is 11.6 Å². The predicted molar refractivity (Wildman–Crippen MR) is 90.8 cm³/mol. The van der Waals surface area contributed by atoms with Crippen LogP contribution in [-0.4, -0.2) is 30.8 Å². The SMILES string of the molecule is CS(=O)(=O)c1ccc2nnc(C(N)=O)c(Nc3cc(F)cc(F)c3)c2c1. The van der Waals surface area contributed by atoms with E-state index < -0.39 is 27.4 Å². The normalized spacial score (nSPS) is 11.5. The van der Waals surface area contributed by atoms with Crippen molar-refractivity contribution in [2.24, 2.45) is 5.73 Å². The quantitative estimate of drug-likeness (QED) is 0.719. The lowest BCUT2D eigenvalue weighted by Gasteiger charge is -2.13. The molecule has 26 heavy (non-hydrogen) atoms. The highest BCUT2D eigenvalue weighted by Gasteiger charge is 2.18. The van der Waals surface area contributed by atoms with E-state index in [0.717, 1.165) is 18.4 Å². The Morgan fingerprint density at radius 2 is 1.73 bits per heavy atom. The van der Waals surface area contributed by atoms with Crippen LogP contribution in [-0.2, 0) is 9.84 Å². The standard InChI is InChI=1S/C16H12F2N4O3S/c1-26(24,25)11-2-3-13-12(7-11)14(15(16(19)23)22-21-13)20-10-5-8(17)4-9(18)6-10/h2-7H,1H3,(H2,19,23)(H,20,21). The second-order valence-corrected chi connectivity index (χ2v) is 7.54. The van der Waals surface area contributed by atoms with Gasteiger partial charge >= 0.3 is 0 Å². The van der Waals surface area contributed by atoms with Gasteiger partial charge in [-0.1, -0.05) is 0 Å². The summed E-state index contributed by atoms with van der Waals surface area (Å²) in [5.74, 6) is -2.61. The molecule has 7 nitrogen and oxygen atoms in total. The summed E-state index contributed by atoms with van der Waals surface area (Å²) < 4.78 is 50.5. The Hall–Kier alpha value is -3.14. The zero-order chi connectivity index (χ0) is 19.1. The summed E-state index contributed by atoms with van der Waals surface area (Å²) >= 11 is 0. The van der Waals surface area contributed by atoms with E-state index in [1.807, 2.05) is 0 Å². The molecule has 0 aliphatic rings. The minimum atomic E-state index is -3.54. The molecule has 3 rings (SSSR count). The molecule has 0 aliphatic carbocycles. The zero-order valence-corrected chi connectivity index (χ0v) is 14.1. The van der Waals surface area contributed by atoms with Crippen LogP contribution in [0.5, 0.6) is 0 Å². The van der Waals surface area contributed by atoms with E-state index in [1.165, 1.54) is 18.2 Å². The van der Waals surface area contributed by atoms with Gasteiger partial charge in [-0.2, -0.15) is 0 Å². The maximum Gasteiger partial charge on any atom is 0.271 e. The first kappa shape index (κ1) is 17.7. The van der Waals surface area contributed by atoms with Crippen molar-refractivity contribution in [3.63, 3.8) is 0 Å². The fourth-order valence-corrected chi connectivity index (χ4v) is 3.03. The first-order chi connectivity index (χ1) is 12.1. The molecule has 0 saturated heterocycles. The van der Waals surface area contributed by atoms with E-state index in [0.29, 0.717) is 6.07 Å². The number of rotatable bonds is 4. The molecule has 1 amide bonds. The Bertz CT molecular complexity index is 1130. The Morgan fingerprint density at radius 3 is 2.31 bits per heavy atom. The lowest BCUT2D eigenvalue weighted by Crippen LogP contribution is -2.17. The highest BCUT2D eigenvalue weighted by atomic mass is 32.2. The van der Waals surface area contributed by atoms with Crippen LogP contribution in [0.25, 0.3) is 10.9 Å². The number of amides is 1. The number of nitrogens with two attached hydrogens (primary N) is 1. The first-order valence-electron chi connectivity index (χ1n) is 7.18. The molecule has 3 aromatic rings. The van der Waals surface area contributed by atoms with Crippen molar-refractivity contribution in [3.8, 4) is 0 Å². The Labute approximate surface area is 146 Å². The molecule has 0 fully saturated rings. The van der Waals surface area contributed by atoms with Gasteiger partial charge in [0.05, 0.1) is 16.1 Å². The number of nitrogens with one attached hydrogen (secondary N) is 1. The molecule has 0 bridgehead atoms. The van der Waals surface area contributed by atoms with Crippen molar-refractivity contribution < 1.29 is 22.0 Å². The van der Waals surface area contributed by atoms with Crippen LogP contribution < -0.4 is 11.1 Å². The number of carbonyl (C=O) groups is 1. The minimum absolute atomic E-state index is 0.00185. The van der Waals surface area contributed by atoms with Crippen molar-refractivity contribution >= 4 is 38.0 Å². The number of benzene rings is 2. The smallest absolute Gasteiger partial charge is 0.271 e. The number of nitrogens with zero attached hydrogens (tertiary/aromatic N) is 2. The lowest BCUT2D eigenvalue weighted by atomic mass is 10.1. The first-order valence-corrected chi connectivity index (χ1v) is 9.08. The molecule has 10 heteroatoms. The number of halogens is 2. The third-order valence-corrected chi connectivity index (χ3v) is 4.64. The molecular formula is C16H12F2N4O3S. The summed E-state index contributed by atoms with van der Waals surface area (Å²) in [7, 11) is -3.54. The molecule has 134 valence electrons. The maximum absolute atomic E-state index is 13.4. The van der Waals surface area contributed by atoms with E-state index in [9.17, 15) is 22.0 Å². The van der Waals surface area contributed by atoms with Gasteiger partial charge in [0.2, 0.25) is 0 Å². The molecular weight excluding hydrogens is 366 g/mol. The summed E-state index contributed by atoms with van der Waals surface area (Å²) in [6.45, 7) is 0. The molecule has 3 N–H and O–H groups in total. The van der Waals surface area contributed by atoms with E-state index in [-0.39, 0.29) is 32.9 Å². The van der Waals surface area contributed by atoms with E-state index >= 15 is 0 Å². The minimum Gasteiger partial charge on any atom is -0.364 e. The average molecular weight is 378 g/mol. The molecule has 0 radical (unpaired) electrons. The van der Waals surface area contributed by atoms with E-state index in [4.69, 9.17) is 5.73 Å². The van der Waals surface area contributed by atoms with Gasteiger partial charge in [0.15, 0.2) is 15.5 Å². The fraction of sp³-hybridized carbons (Fsp3) is 0.0625. The number of aromatic nitrogens is 2. The summed E-state index contributed by atoms with van der Waals surface area (Å²) in [4.78, 5) is 11.7. The molecule has 0 atom stereocenters. The van der Waals surface area contributed by atoms with Gasteiger partial charge in [0.25, 0.3) is 5.91 Å². The highest BCUT2D eigenvalue weighted by Crippen LogP contribution is 2.30. The van der Waals surface area contributed by atoms with Crippen LogP contribution in [0.2, 0.25) is 0 Å². The number of carbonyl (C=O) groups excluding carboxylic acids is 1. The number of anilines is 2. The van der Waals surface area contributed by atoms with Gasteiger partial charge in [-0.15, -0.1) is 10.2 Å². The second-order valence-electron chi connectivity index (χ2n) is 5.52. The highest BCUT2D eigenvalue weighted by molar-refractivity contribution is 7.90. The Balaban J connectivity index is 2.28.